The highest BCUT2D eigenvalue weighted by atomic mass is 16.6. The molecule has 6 atom stereocenters. The van der Waals surface area contributed by atoms with Gasteiger partial charge in [-0.25, -0.2) is 0 Å². The van der Waals surface area contributed by atoms with Crippen molar-refractivity contribution in [2.45, 2.75) is 108 Å². The molecule has 260 valence electrons. The second kappa shape index (κ2) is 20.0. The predicted molar refractivity (Wildman–Crippen MR) is 191 cm³/mol. The molecule has 0 heterocycles. The Morgan fingerprint density at radius 1 is 0.531 bits per heavy atom. The van der Waals surface area contributed by atoms with Crippen LogP contribution in [0.1, 0.15) is 67.7 Å². The zero-order valence-electron chi connectivity index (χ0n) is 28.6. The van der Waals surface area contributed by atoms with E-state index in [2.05, 4.69) is 12.2 Å². The molecular weight excluding hydrogens is 614 g/mol. The maximum absolute atomic E-state index is 13.5. The lowest BCUT2D eigenvalue weighted by molar-refractivity contribution is -0.250. The van der Waals surface area contributed by atoms with Crippen molar-refractivity contribution in [1.82, 2.24) is 5.32 Å². The van der Waals surface area contributed by atoms with Gasteiger partial charge in [-0.1, -0.05) is 154 Å². The fourth-order valence-electron chi connectivity index (χ4n) is 6.32. The van der Waals surface area contributed by atoms with E-state index in [0.717, 1.165) is 54.4 Å². The van der Waals surface area contributed by atoms with Crippen LogP contribution < -0.4 is 5.32 Å². The van der Waals surface area contributed by atoms with Gasteiger partial charge >= 0.3 is 0 Å². The van der Waals surface area contributed by atoms with Crippen molar-refractivity contribution < 1.29 is 28.8 Å². The first-order valence-electron chi connectivity index (χ1n) is 17.7. The largest absolute Gasteiger partial charge is 0.388 e. The molecule has 1 amide bonds. The lowest BCUT2D eigenvalue weighted by Gasteiger charge is -2.48. The van der Waals surface area contributed by atoms with Crippen LogP contribution in [-0.4, -0.2) is 47.6 Å². The maximum atomic E-state index is 13.5. The molecule has 0 bridgehead atoms. The SMILES string of the molecule is CCCCCCCC(=O)N[C@H]1[C@@H](O)[C@H](OCc2ccccc2)[C@@H](OCc2ccccc2)[C@H](OCc2ccccc2)[C@H]1OCc1ccccc1. The third-order valence-electron chi connectivity index (χ3n) is 9.01. The lowest BCUT2D eigenvalue weighted by atomic mass is 9.82. The van der Waals surface area contributed by atoms with Crippen molar-refractivity contribution in [1.29, 1.82) is 0 Å². The van der Waals surface area contributed by atoms with E-state index >= 15 is 0 Å². The first-order valence-corrected chi connectivity index (χ1v) is 17.7. The summed E-state index contributed by atoms with van der Waals surface area (Å²) in [6.07, 6.45) is 1.45. The predicted octanol–water partition coefficient (Wildman–Crippen LogP) is 7.55. The van der Waals surface area contributed by atoms with Gasteiger partial charge in [0, 0.05) is 6.42 Å². The summed E-state index contributed by atoms with van der Waals surface area (Å²) in [5.41, 5.74) is 3.92. The first kappa shape index (κ1) is 36.4. The van der Waals surface area contributed by atoms with Gasteiger partial charge in [-0.2, -0.15) is 0 Å². The van der Waals surface area contributed by atoms with Crippen molar-refractivity contribution in [2.24, 2.45) is 0 Å². The van der Waals surface area contributed by atoms with Crippen molar-refractivity contribution in [3.8, 4) is 0 Å². The average Bonchev–Trinajstić information content (AvgIpc) is 3.15. The van der Waals surface area contributed by atoms with Crippen LogP contribution >= 0.6 is 0 Å². The Kier molecular flexibility index (Phi) is 14.9. The number of nitrogens with one attached hydrogen (secondary N) is 1. The number of carbonyl (C=O) groups is 1. The molecule has 49 heavy (non-hydrogen) atoms. The molecule has 1 fully saturated rings. The average molecular weight is 666 g/mol. The summed E-state index contributed by atoms with van der Waals surface area (Å²) in [7, 11) is 0. The summed E-state index contributed by atoms with van der Waals surface area (Å²) in [4.78, 5) is 13.5. The molecule has 4 aromatic rings. The third-order valence-corrected chi connectivity index (χ3v) is 9.01. The molecule has 0 radical (unpaired) electrons. The molecule has 1 aliphatic rings. The summed E-state index contributed by atoms with van der Waals surface area (Å²) in [5.74, 6) is -0.124. The van der Waals surface area contributed by atoms with Gasteiger partial charge in [-0.15, -0.1) is 0 Å². The topological polar surface area (TPSA) is 86.3 Å². The van der Waals surface area contributed by atoms with Gasteiger partial charge in [-0.05, 0) is 28.7 Å². The Balaban J connectivity index is 1.47. The molecule has 5 rings (SSSR count). The van der Waals surface area contributed by atoms with Crippen LogP contribution in [0, 0.1) is 0 Å². The van der Waals surface area contributed by atoms with E-state index in [1.807, 2.05) is 121 Å². The van der Waals surface area contributed by atoms with Crippen molar-refractivity contribution >= 4 is 5.91 Å². The normalized spacial score (nSPS) is 22.1. The van der Waals surface area contributed by atoms with E-state index in [0.29, 0.717) is 13.0 Å². The second-order valence-corrected chi connectivity index (χ2v) is 12.8. The number of rotatable bonds is 19. The maximum Gasteiger partial charge on any atom is 0.220 e. The van der Waals surface area contributed by atoms with E-state index in [1.54, 1.807) is 0 Å². The quantitative estimate of drug-likeness (QED) is 0.101. The number of benzene rings is 4. The van der Waals surface area contributed by atoms with Crippen LogP contribution in [0.15, 0.2) is 121 Å². The van der Waals surface area contributed by atoms with Crippen LogP contribution in [0.5, 0.6) is 0 Å². The third kappa shape index (κ3) is 11.3. The second-order valence-electron chi connectivity index (χ2n) is 12.8. The molecule has 0 aliphatic heterocycles. The van der Waals surface area contributed by atoms with Crippen LogP contribution in [-0.2, 0) is 50.2 Å². The van der Waals surface area contributed by atoms with Crippen LogP contribution in [0.4, 0.5) is 0 Å². The van der Waals surface area contributed by atoms with Gasteiger partial charge in [0.2, 0.25) is 5.91 Å². The Morgan fingerprint density at radius 3 is 1.33 bits per heavy atom. The number of hydrogen-bond donors (Lipinski definition) is 2. The number of ether oxygens (including phenoxy) is 4. The summed E-state index contributed by atoms with van der Waals surface area (Å²) in [6, 6.07) is 38.8. The fraction of sp³-hybridized carbons (Fsp3) is 0.405. The summed E-state index contributed by atoms with van der Waals surface area (Å²) in [5, 5.41) is 15.3. The van der Waals surface area contributed by atoms with Crippen molar-refractivity contribution in [2.75, 3.05) is 0 Å². The van der Waals surface area contributed by atoms with Gasteiger partial charge in [-0.3, -0.25) is 4.79 Å². The minimum Gasteiger partial charge on any atom is -0.388 e. The number of amides is 1. The fourth-order valence-corrected chi connectivity index (χ4v) is 6.32. The van der Waals surface area contributed by atoms with Crippen LogP contribution in [0.2, 0.25) is 0 Å². The highest BCUT2D eigenvalue weighted by molar-refractivity contribution is 5.76. The molecule has 0 unspecified atom stereocenters. The Morgan fingerprint density at radius 2 is 0.898 bits per heavy atom. The minimum absolute atomic E-state index is 0.124. The number of hydrogen-bond acceptors (Lipinski definition) is 6. The van der Waals surface area contributed by atoms with E-state index < -0.39 is 36.6 Å². The van der Waals surface area contributed by atoms with Crippen LogP contribution in [0.3, 0.4) is 0 Å². The van der Waals surface area contributed by atoms with E-state index in [1.165, 1.54) is 0 Å². The van der Waals surface area contributed by atoms with Gasteiger partial charge < -0.3 is 29.4 Å². The molecule has 2 N–H and O–H groups in total. The number of carbonyl (C=O) groups excluding carboxylic acids is 1. The highest BCUT2D eigenvalue weighted by Gasteiger charge is 2.53. The van der Waals surface area contributed by atoms with E-state index in [4.69, 9.17) is 18.9 Å². The molecule has 1 saturated carbocycles. The van der Waals surface area contributed by atoms with E-state index in [9.17, 15) is 9.90 Å². The highest BCUT2D eigenvalue weighted by Crippen LogP contribution is 2.33. The Bertz CT molecular complexity index is 1470. The smallest absolute Gasteiger partial charge is 0.220 e. The number of aliphatic hydroxyl groups excluding tert-OH is 1. The molecule has 0 spiro atoms. The summed E-state index contributed by atoms with van der Waals surface area (Å²) >= 11 is 0. The Hall–Kier alpha value is -3.85. The first-order chi connectivity index (χ1) is 24.1. The lowest BCUT2D eigenvalue weighted by Crippen LogP contribution is -2.70. The summed E-state index contributed by atoms with van der Waals surface area (Å²) in [6.45, 7) is 3.28. The van der Waals surface area contributed by atoms with E-state index in [-0.39, 0.29) is 25.7 Å². The summed E-state index contributed by atoms with van der Waals surface area (Å²) < 4.78 is 26.6. The van der Waals surface area contributed by atoms with Gasteiger partial charge in [0.15, 0.2) is 0 Å². The molecule has 1 aliphatic carbocycles. The molecule has 0 saturated heterocycles. The van der Waals surface area contributed by atoms with Crippen molar-refractivity contribution in [3.05, 3.63) is 144 Å². The molecule has 4 aromatic carbocycles. The molecule has 7 heteroatoms. The standard InChI is InChI=1S/C42H51NO6/c1-2-3-4-5-18-27-36(44)43-37-38(45)40(47-29-33-21-12-7-13-22-33)42(49-31-35-25-16-9-17-26-35)41(48-30-34-23-14-8-15-24-34)39(37)46-28-32-19-10-6-11-20-32/h6-17,19-26,37-42,45H,2-5,18,27-31H2,1H3,(H,43,44)/t37-,38+,39-,40-,41+,42+/m0/s1. The number of aliphatic hydroxyl groups is 1. The number of unbranched alkanes of at least 4 members (excludes halogenated alkanes) is 4. The zero-order valence-corrected chi connectivity index (χ0v) is 28.6. The Labute approximate surface area is 291 Å². The van der Waals surface area contributed by atoms with Crippen molar-refractivity contribution in [3.63, 3.8) is 0 Å². The molecule has 7 nitrogen and oxygen atoms in total. The molecular formula is C42H51NO6. The van der Waals surface area contributed by atoms with Gasteiger partial charge in [0.1, 0.15) is 30.5 Å². The zero-order chi connectivity index (χ0) is 34.1. The van der Waals surface area contributed by atoms with Crippen LogP contribution in [0.25, 0.3) is 0 Å². The van der Waals surface area contributed by atoms with Gasteiger partial charge in [0.25, 0.3) is 0 Å². The minimum atomic E-state index is -1.13. The van der Waals surface area contributed by atoms with Gasteiger partial charge in [0.05, 0.1) is 32.5 Å². The monoisotopic (exact) mass is 665 g/mol. The molecule has 0 aromatic heterocycles.